The molecule has 0 atom stereocenters. The van der Waals surface area contributed by atoms with Gasteiger partial charge in [0.25, 0.3) is 0 Å². The number of hydrogen-bond donors (Lipinski definition) is 0. The maximum absolute atomic E-state index is 2.60. The molecule has 0 aromatic carbocycles. The largest absolute Gasteiger partial charge is 0.301 e. The molecule has 0 amide bonds. The molecule has 0 saturated carbocycles. The van der Waals surface area contributed by atoms with Gasteiger partial charge in [-0.2, -0.15) is 0 Å². The maximum Gasteiger partial charge on any atom is 0.190 e. The van der Waals surface area contributed by atoms with E-state index in [4.69, 9.17) is 0 Å². The lowest BCUT2D eigenvalue weighted by atomic mass is 10.2. The molecule has 1 heterocycles. The molecule has 0 aliphatic carbocycles. The molecule has 1 aliphatic rings. The third kappa shape index (κ3) is 3.17. The highest BCUT2D eigenvalue weighted by Gasteiger charge is 2.46. The molecule has 0 N–H and O–H groups in total. The minimum atomic E-state index is -0.122. The Hall–Kier alpha value is -0.200. The molecule has 0 bridgehead atoms. The lowest BCUT2D eigenvalue weighted by Crippen LogP contribution is -2.76. The van der Waals surface area contributed by atoms with E-state index >= 15 is 0 Å². The second-order valence-corrected chi connectivity index (χ2v) is 5.98. The van der Waals surface area contributed by atoms with Crippen molar-refractivity contribution in [3.05, 3.63) is 0 Å². The number of rotatable bonds is 5. The molecule has 1 fully saturated rings. The van der Waals surface area contributed by atoms with Crippen LogP contribution in [0.2, 0.25) is 0 Å². The van der Waals surface area contributed by atoms with Gasteiger partial charge in [0.2, 0.25) is 0 Å². The van der Waals surface area contributed by atoms with Crippen molar-refractivity contribution >= 4 is 0 Å². The molecule has 1 rings (SSSR count). The molecule has 5 nitrogen and oxygen atoms in total. The first-order chi connectivity index (χ1) is 9.44. The second kappa shape index (κ2) is 7.71. The van der Waals surface area contributed by atoms with Crippen LogP contribution in [0.1, 0.15) is 20.8 Å². The van der Waals surface area contributed by atoms with Gasteiger partial charge in [-0.15, -0.1) is 0 Å². The van der Waals surface area contributed by atoms with Crippen molar-refractivity contribution in [1.29, 1.82) is 0 Å². The number of hydrogen-bond acceptors (Lipinski definition) is 5. The first kappa shape index (κ1) is 17.9. The monoisotopic (exact) mass is 285 g/mol. The van der Waals surface area contributed by atoms with Crippen molar-refractivity contribution in [1.82, 2.24) is 24.5 Å². The predicted molar refractivity (Wildman–Crippen MR) is 86.7 cm³/mol. The quantitative estimate of drug-likeness (QED) is 0.689. The summed E-state index contributed by atoms with van der Waals surface area (Å²) in [6.07, 6.45) is 0. The fourth-order valence-electron chi connectivity index (χ4n) is 3.72. The van der Waals surface area contributed by atoms with Crippen molar-refractivity contribution in [3.8, 4) is 0 Å². The average Bonchev–Trinajstić information content (AvgIpc) is 2.38. The first-order valence-corrected chi connectivity index (χ1v) is 8.02. The molecular weight excluding hydrogens is 250 g/mol. The summed E-state index contributed by atoms with van der Waals surface area (Å²) < 4.78 is 0. The van der Waals surface area contributed by atoms with Gasteiger partial charge in [-0.3, -0.25) is 19.6 Å². The Balaban J connectivity index is 3.17. The Bertz CT molecular complexity index is 253. The molecule has 0 spiro atoms. The van der Waals surface area contributed by atoms with Crippen LogP contribution in [-0.4, -0.2) is 104 Å². The van der Waals surface area contributed by atoms with Gasteiger partial charge in [0.05, 0.1) is 0 Å². The average molecular weight is 285 g/mol. The van der Waals surface area contributed by atoms with Crippen LogP contribution in [0.15, 0.2) is 0 Å². The van der Waals surface area contributed by atoms with E-state index in [-0.39, 0.29) is 5.91 Å². The van der Waals surface area contributed by atoms with Gasteiger partial charge in [-0.1, -0.05) is 20.8 Å². The van der Waals surface area contributed by atoms with Crippen molar-refractivity contribution in [2.24, 2.45) is 0 Å². The Kier molecular flexibility index (Phi) is 6.88. The van der Waals surface area contributed by atoms with E-state index in [0.29, 0.717) is 0 Å². The SMILES string of the molecule is CCN1CCN(CC)C(N(C)C)(N(C)C)N(CC)CC1. The van der Waals surface area contributed by atoms with Gasteiger partial charge in [-0.05, 0) is 47.8 Å². The Morgan fingerprint density at radius 1 is 0.700 bits per heavy atom. The molecule has 0 aromatic heterocycles. The van der Waals surface area contributed by atoms with E-state index in [9.17, 15) is 0 Å². The molecular formula is C15H35N5. The summed E-state index contributed by atoms with van der Waals surface area (Å²) in [4.78, 5) is 12.5. The fourth-order valence-corrected chi connectivity index (χ4v) is 3.72. The molecule has 20 heavy (non-hydrogen) atoms. The van der Waals surface area contributed by atoms with Gasteiger partial charge in [0.1, 0.15) is 0 Å². The lowest BCUT2D eigenvalue weighted by molar-refractivity contribution is -0.238. The van der Waals surface area contributed by atoms with Crippen molar-refractivity contribution in [3.63, 3.8) is 0 Å². The van der Waals surface area contributed by atoms with Crippen LogP contribution in [0, 0.1) is 0 Å². The van der Waals surface area contributed by atoms with Gasteiger partial charge in [-0.25, -0.2) is 0 Å². The van der Waals surface area contributed by atoms with Gasteiger partial charge < -0.3 is 4.90 Å². The Morgan fingerprint density at radius 3 is 1.35 bits per heavy atom. The summed E-state index contributed by atoms with van der Waals surface area (Å²) >= 11 is 0. The normalized spacial score (nSPS) is 23.2. The van der Waals surface area contributed by atoms with Crippen molar-refractivity contribution in [2.45, 2.75) is 26.7 Å². The highest BCUT2D eigenvalue weighted by atomic mass is 15.7. The van der Waals surface area contributed by atoms with Crippen LogP contribution in [0.3, 0.4) is 0 Å². The van der Waals surface area contributed by atoms with E-state index in [1.807, 2.05) is 0 Å². The molecule has 1 aliphatic heterocycles. The van der Waals surface area contributed by atoms with Crippen molar-refractivity contribution in [2.75, 3.05) is 74.0 Å². The van der Waals surface area contributed by atoms with Gasteiger partial charge in [0, 0.05) is 26.2 Å². The predicted octanol–water partition coefficient (Wildman–Crippen LogP) is 0.700. The van der Waals surface area contributed by atoms with Gasteiger partial charge in [0.15, 0.2) is 5.91 Å². The van der Waals surface area contributed by atoms with Crippen LogP contribution < -0.4 is 0 Å². The summed E-state index contributed by atoms with van der Waals surface area (Å²) in [5, 5.41) is 0. The van der Waals surface area contributed by atoms with Crippen LogP contribution in [0.25, 0.3) is 0 Å². The van der Waals surface area contributed by atoms with Crippen LogP contribution >= 0.6 is 0 Å². The molecule has 0 unspecified atom stereocenters. The molecule has 1 saturated heterocycles. The van der Waals surface area contributed by atoms with E-state index in [1.165, 1.54) is 0 Å². The molecule has 0 radical (unpaired) electrons. The van der Waals surface area contributed by atoms with E-state index < -0.39 is 0 Å². The number of nitrogens with zero attached hydrogens (tertiary/aromatic N) is 5. The Labute approximate surface area is 126 Å². The zero-order valence-corrected chi connectivity index (χ0v) is 14.7. The van der Waals surface area contributed by atoms with E-state index in [2.05, 4.69) is 73.5 Å². The summed E-state index contributed by atoms with van der Waals surface area (Å²) in [5.41, 5.74) is 0. The fraction of sp³-hybridized carbons (Fsp3) is 1.00. The summed E-state index contributed by atoms with van der Waals surface area (Å²) in [7, 11) is 8.80. The Morgan fingerprint density at radius 2 is 1.10 bits per heavy atom. The molecule has 5 heteroatoms. The third-order valence-corrected chi connectivity index (χ3v) is 4.63. The van der Waals surface area contributed by atoms with Crippen molar-refractivity contribution < 1.29 is 0 Å². The molecule has 0 aromatic rings. The smallest absolute Gasteiger partial charge is 0.190 e. The maximum atomic E-state index is 2.60. The zero-order chi connectivity index (χ0) is 15.3. The highest BCUT2D eigenvalue weighted by Crippen LogP contribution is 2.27. The third-order valence-electron chi connectivity index (χ3n) is 4.63. The summed E-state index contributed by atoms with van der Waals surface area (Å²) in [6.45, 7) is 14.6. The minimum absolute atomic E-state index is 0.122. The van der Waals surface area contributed by atoms with Crippen LogP contribution in [0.4, 0.5) is 0 Å². The standard InChI is InChI=1S/C15H35N5/c1-8-18-11-13-19(9-2)15(16(4)5,17(6)7)20(10-3)14-12-18/h8-14H2,1-7H3. The van der Waals surface area contributed by atoms with E-state index in [1.54, 1.807) is 0 Å². The molecule has 120 valence electrons. The minimum Gasteiger partial charge on any atom is -0.301 e. The van der Waals surface area contributed by atoms with Gasteiger partial charge >= 0.3 is 0 Å². The topological polar surface area (TPSA) is 16.2 Å². The first-order valence-electron chi connectivity index (χ1n) is 8.02. The summed E-state index contributed by atoms with van der Waals surface area (Å²) in [6, 6.07) is 0. The zero-order valence-electron chi connectivity index (χ0n) is 14.7. The van der Waals surface area contributed by atoms with Crippen LogP contribution in [-0.2, 0) is 0 Å². The lowest BCUT2D eigenvalue weighted by Gasteiger charge is -2.58. The number of likely N-dealkylation sites (N-methyl/N-ethyl adjacent to an activating group) is 3. The van der Waals surface area contributed by atoms with E-state index in [0.717, 1.165) is 45.8 Å². The summed E-state index contributed by atoms with van der Waals surface area (Å²) in [5.74, 6) is -0.122. The second-order valence-electron chi connectivity index (χ2n) is 5.98. The van der Waals surface area contributed by atoms with Crippen LogP contribution in [0.5, 0.6) is 0 Å². The highest BCUT2D eigenvalue weighted by molar-refractivity contribution is 4.88.